The van der Waals surface area contributed by atoms with Crippen LogP contribution in [-0.2, 0) is 71.5 Å². The largest absolute Gasteiger partial charge is 0.394 e. The average Bonchev–Trinajstić information content (AvgIpc) is 2.94. The number of rotatable bonds is 10. The molecule has 39 heavy (non-hydrogen) atoms. The number of aliphatic hydroxyl groups excluding tert-OH is 1. The molecule has 1 radical (unpaired) electrons. The van der Waals surface area contributed by atoms with E-state index in [1.807, 2.05) is 91.0 Å². The first kappa shape index (κ1) is 31.9. The third-order valence-corrected chi connectivity index (χ3v) is 7.15. The molecule has 0 amide bonds. The molecule has 0 spiro atoms. The van der Waals surface area contributed by atoms with Crippen molar-refractivity contribution in [1.82, 2.24) is 0 Å². The Labute approximate surface area is 259 Å². The molecule has 0 aliphatic carbocycles. The molecule has 3 aromatic carbocycles. The molecule has 7 heteroatoms. The standard InChI is InChI=1S/C32H38O5Si.Y/c1-38(2,3)20-19-28-30(34-22-25-13-7-4-8-14-25)32(36-24-27-17-11-6-12-18-27)31(29(21-33)37-28)35-23-26-15-9-5-10-16-26;/h4-18,28-33H,21-24H2,1-3H3;/t28-,29?,30?,31-,32+;/m0./s1. The van der Waals surface area contributed by atoms with Gasteiger partial charge in [0.05, 0.1) is 26.4 Å². The van der Waals surface area contributed by atoms with Crippen molar-refractivity contribution in [2.45, 2.75) is 70.0 Å². The third kappa shape index (κ3) is 10.0. The molecule has 5 atom stereocenters. The average molecular weight is 620 g/mol. The van der Waals surface area contributed by atoms with E-state index < -0.39 is 38.6 Å². The Morgan fingerprint density at radius 2 is 1.08 bits per heavy atom. The Balaban J connectivity index is 0.00000420. The van der Waals surface area contributed by atoms with Crippen LogP contribution >= 0.6 is 0 Å². The second kappa shape index (κ2) is 16.0. The van der Waals surface area contributed by atoms with Gasteiger partial charge in [0.1, 0.15) is 38.6 Å². The molecule has 0 aromatic heterocycles. The molecule has 203 valence electrons. The van der Waals surface area contributed by atoms with Crippen LogP contribution < -0.4 is 0 Å². The van der Waals surface area contributed by atoms with Crippen LogP contribution in [0.4, 0.5) is 0 Å². The summed E-state index contributed by atoms with van der Waals surface area (Å²) >= 11 is 0. The summed E-state index contributed by atoms with van der Waals surface area (Å²) in [6.45, 7) is 7.52. The van der Waals surface area contributed by atoms with E-state index in [4.69, 9.17) is 18.9 Å². The monoisotopic (exact) mass is 619 g/mol. The molecule has 4 rings (SSSR count). The van der Waals surface area contributed by atoms with Gasteiger partial charge in [-0.05, 0) is 16.7 Å². The van der Waals surface area contributed by atoms with E-state index in [0.717, 1.165) is 16.7 Å². The number of aliphatic hydroxyl groups is 1. The molecule has 1 saturated heterocycles. The molecule has 1 fully saturated rings. The number of hydrogen-bond acceptors (Lipinski definition) is 5. The second-order valence-electron chi connectivity index (χ2n) is 10.6. The van der Waals surface area contributed by atoms with Crippen molar-refractivity contribution in [3.05, 3.63) is 108 Å². The van der Waals surface area contributed by atoms with Crippen LogP contribution in [0.1, 0.15) is 16.7 Å². The summed E-state index contributed by atoms with van der Waals surface area (Å²) in [5.74, 6) is 3.35. The van der Waals surface area contributed by atoms with Gasteiger partial charge in [-0.3, -0.25) is 0 Å². The van der Waals surface area contributed by atoms with Crippen molar-refractivity contribution in [1.29, 1.82) is 0 Å². The summed E-state index contributed by atoms with van der Waals surface area (Å²) in [6.07, 6.45) is -2.72. The van der Waals surface area contributed by atoms with E-state index >= 15 is 0 Å². The number of benzene rings is 3. The van der Waals surface area contributed by atoms with E-state index in [1.54, 1.807) is 0 Å². The zero-order valence-corrected chi connectivity index (χ0v) is 26.9. The maximum atomic E-state index is 10.4. The Hall–Kier alpha value is -1.66. The summed E-state index contributed by atoms with van der Waals surface area (Å²) in [5, 5.41) is 10.4. The van der Waals surface area contributed by atoms with Crippen molar-refractivity contribution in [2.24, 2.45) is 0 Å². The number of hydrogen-bond donors (Lipinski definition) is 1. The van der Waals surface area contributed by atoms with Crippen LogP contribution in [-0.4, -0.2) is 50.3 Å². The molecule has 1 N–H and O–H groups in total. The maximum absolute atomic E-state index is 10.4. The van der Waals surface area contributed by atoms with E-state index in [0.29, 0.717) is 19.8 Å². The molecular weight excluding hydrogens is 581 g/mol. The first-order valence-corrected chi connectivity index (χ1v) is 16.7. The fourth-order valence-electron chi connectivity index (χ4n) is 4.34. The van der Waals surface area contributed by atoms with Crippen LogP contribution in [0.25, 0.3) is 0 Å². The van der Waals surface area contributed by atoms with E-state index in [-0.39, 0.29) is 39.3 Å². The molecular formula is C32H38O5SiY. The van der Waals surface area contributed by atoms with Crippen LogP contribution in [0, 0.1) is 11.5 Å². The summed E-state index contributed by atoms with van der Waals surface area (Å²) in [5.41, 5.74) is 6.57. The molecule has 3 aromatic rings. The molecule has 2 unspecified atom stereocenters. The third-order valence-electron chi connectivity index (χ3n) is 6.26. The van der Waals surface area contributed by atoms with Crippen LogP contribution in [0.2, 0.25) is 19.6 Å². The normalized spacial score (nSPS) is 22.8. The minimum Gasteiger partial charge on any atom is -0.394 e. The van der Waals surface area contributed by atoms with Gasteiger partial charge in [-0.1, -0.05) is 117 Å². The van der Waals surface area contributed by atoms with Crippen LogP contribution in [0.5, 0.6) is 0 Å². The molecule has 1 aliphatic heterocycles. The molecule has 5 nitrogen and oxygen atoms in total. The topological polar surface area (TPSA) is 57.2 Å². The SMILES string of the molecule is C[Si](C)(C)C#C[C@@H]1OC(CO)[C@H](OCc2ccccc2)[C@H](OCc2ccccc2)C1OCc1ccccc1.[Y]. The zero-order chi connectivity index (χ0) is 26.8. The summed E-state index contributed by atoms with van der Waals surface area (Å²) in [7, 11) is -1.69. The predicted octanol–water partition coefficient (Wildman–Crippen LogP) is 5.38. The minimum atomic E-state index is -1.69. The fourth-order valence-corrected chi connectivity index (χ4v) is 4.91. The van der Waals surface area contributed by atoms with E-state index in [2.05, 4.69) is 31.1 Å². The van der Waals surface area contributed by atoms with E-state index in [9.17, 15) is 5.11 Å². The van der Waals surface area contributed by atoms with E-state index in [1.165, 1.54) is 0 Å². The van der Waals surface area contributed by atoms with Gasteiger partial charge in [-0.15, -0.1) is 5.54 Å². The summed E-state index contributed by atoms with van der Waals surface area (Å²) in [4.78, 5) is 0. The van der Waals surface area contributed by atoms with Crippen LogP contribution in [0.15, 0.2) is 91.0 Å². The maximum Gasteiger partial charge on any atom is 0.146 e. The van der Waals surface area contributed by atoms with Gasteiger partial charge in [-0.25, -0.2) is 0 Å². The van der Waals surface area contributed by atoms with Crippen molar-refractivity contribution in [3.8, 4) is 11.5 Å². The Kier molecular flexibility index (Phi) is 13.0. The van der Waals surface area contributed by atoms with Gasteiger partial charge >= 0.3 is 0 Å². The fraction of sp³-hybridized carbons (Fsp3) is 0.375. The second-order valence-corrected chi connectivity index (χ2v) is 15.3. The zero-order valence-electron chi connectivity index (χ0n) is 23.0. The molecule has 1 aliphatic rings. The van der Waals surface area contributed by atoms with Gasteiger partial charge in [-0.2, -0.15) is 0 Å². The van der Waals surface area contributed by atoms with Gasteiger partial charge < -0.3 is 24.1 Å². The van der Waals surface area contributed by atoms with Crippen molar-refractivity contribution >= 4 is 8.07 Å². The van der Waals surface area contributed by atoms with Crippen molar-refractivity contribution < 1.29 is 56.8 Å². The Bertz CT molecular complexity index is 1160. The summed E-state index contributed by atoms with van der Waals surface area (Å²) < 4.78 is 25.9. The Morgan fingerprint density at radius 3 is 1.49 bits per heavy atom. The predicted molar refractivity (Wildman–Crippen MR) is 152 cm³/mol. The quantitative estimate of drug-likeness (QED) is 0.244. The minimum absolute atomic E-state index is 0. The summed E-state index contributed by atoms with van der Waals surface area (Å²) in [6, 6.07) is 30.1. The van der Waals surface area contributed by atoms with Gasteiger partial charge in [0.2, 0.25) is 0 Å². The number of ether oxygens (including phenoxy) is 4. The first-order chi connectivity index (χ1) is 18.4. The van der Waals surface area contributed by atoms with Gasteiger partial charge in [0.25, 0.3) is 0 Å². The van der Waals surface area contributed by atoms with Crippen molar-refractivity contribution in [3.63, 3.8) is 0 Å². The van der Waals surface area contributed by atoms with Gasteiger partial charge in [0, 0.05) is 32.7 Å². The van der Waals surface area contributed by atoms with Gasteiger partial charge in [0.15, 0.2) is 0 Å². The molecule has 0 bridgehead atoms. The van der Waals surface area contributed by atoms with Crippen molar-refractivity contribution in [2.75, 3.05) is 6.61 Å². The molecule has 1 heterocycles. The van der Waals surface area contributed by atoms with Crippen LogP contribution in [0.3, 0.4) is 0 Å². The first-order valence-electron chi connectivity index (χ1n) is 13.2. The molecule has 0 saturated carbocycles. The Morgan fingerprint density at radius 1 is 0.667 bits per heavy atom. The smallest absolute Gasteiger partial charge is 0.146 e.